The van der Waals surface area contributed by atoms with Gasteiger partial charge in [-0.1, -0.05) is 35.5 Å². The molecular formula is C21H16N2O3. The molecule has 0 bridgehead atoms. The lowest BCUT2D eigenvalue weighted by Gasteiger charge is -2.08. The van der Waals surface area contributed by atoms with Crippen molar-refractivity contribution in [1.29, 1.82) is 0 Å². The summed E-state index contributed by atoms with van der Waals surface area (Å²) in [5.74, 6) is 0.0734. The molecule has 0 amide bonds. The Bertz CT molecular complexity index is 1110. The number of nitrogens with zero attached hydrogens (tertiary/aromatic N) is 1. The van der Waals surface area contributed by atoms with Crippen LogP contribution in [0.15, 0.2) is 72.0 Å². The Kier molecular flexibility index (Phi) is 3.82. The minimum Gasteiger partial charge on any atom is -0.508 e. The van der Waals surface area contributed by atoms with E-state index in [1.165, 1.54) is 12.3 Å². The number of fused-ring (bicyclic) bond motifs is 1. The summed E-state index contributed by atoms with van der Waals surface area (Å²) in [6.07, 6.45) is 3.20. The molecule has 4 N–H and O–H groups in total. The molecule has 0 radical (unpaired) electrons. The third kappa shape index (κ3) is 2.75. The van der Waals surface area contributed by atoms with E-state index in [1.54, 1.807) is 18.3 Å². The highest BCUT2D eigenvalue weighted by Gasteiger charge is 2.08. The normalized spacial score (nSPS) is 11.4. The smallest absolute Gasteiger partial charge is 0.127 e. The molecule has 0 aliphatic heterocycles. The van der Waals surface area contributed by atoms with Gasteiger partial charge >= 0.3 is 0 Å². The van der Waals surface area contributed by atoms with Gasteiger partial charge in [0.25, 0.3) is 0 Å². The van der Waals surface area contributed by atoms with Crippen molar-refractivity contribution in [2.24, 2.45) is 5.16 Å². The molecular weight excluding hydrogens is 328 g/mol. The molecule has 0 spiro atoms. The highest BCUT2D eigenvalue weighted by atomic mass is 16.4. The van der Waals surface area contributed by atoms with Crippen LogP contribution in [-0.4, -0.2) is 26.6 Å². The van der Waals surface area contributed by atoms with Crippen molar-refractivity contribution in [2.45, 2.75) is 0 Å². The van der Waals surface area contributed by atoms with E-state index in [4.69, 9.17) is 5.21 Å². The van der Waals surface area contributed by atoms with Crippen LogP contribution < -0.4 is 0 Å². The molecule has 0 saturated heterocycles. The summed E-state index contributed by atoms with van der Waals surface area (Å²) in [5, 5.41) is 32.3. The van der Waals surface area contributed by atoms with Gasteiger partial charge in [0, 0.05) is 34.3 Å². The van der Waals surface area contributed by atoms with Gasteiger partial charge < -0.3 is 20.4 Å². The van der Waals surface area contributed by atoms with E-state index in [-0.39, 0.29) is 11.5 Å². The molecule has 0 saturated carbocycles. The predicted molar refractivity (Wildman–Crippen MR) is 102 cm³/mol. The van der Waals surface area contributed by atoms with Gasteiger partial charge in [-0.2, -0.15) is 0 Å². The van der Waals surface area contributed by atoms with Crippen LogP contribution in [0.5, 0.6) is 11.5 Å². The number of benzene rings is 3. The number of hydrogen-bond donors (Lipinski definition) is 4. The van der Waals surface area contributed by atoms with Gasteiger partial charge in [0.15, 0.2) is 0 Å². The summed E-state index contributed by atoms with van der Waals surface area (Å²) in [6.45, 7) is 0. The molecule has 4 rings (SSSR count). The zero-order valence-corrected chi connectivity index (χ0v) is 13.7. The summed E-state index contributed by atoms with van der Waals surface area (Å²) in [6, 6.07) is 18.4. The molecule has 0 aliphatic carbocycles. The monoisotopic (exact) mass is 344 g/mol. The molecule has 0 unspecified atom stereocenters. The number of aromatic hydroxyl groups is 2. The number of oxime groups is 1. The first-order chi connectivity index (χ1) is 12.7. The topological polar surface area (TPSA) is 88.8 Å². The SMILES string of the molecule is O/N=C/c1c[nH]c2ccc(-c3ccc(-c4ccc(O)cc4O)cc3)cc12. The Morgan fingerprint density at radius 1 is 0.808 bits per heavy atom. The number of phenols is 2. The zero-order chi connectivity index (χ0) is 18.1. The Labute approximate surface area is 149 Å². The number of H-pyrrole nitrogens is 1. The van der Waals surface area contributed by atoms with E-state index in [1.807, 2.05) is 42.5 Å². The van der Waals surface area contributed by atoms with Crippen molar-refractivity contribution >= 4 is 17.1 Å². The van der Waals surface area contributed by atoms with Crippen LogP contribution in [0.25, 0.3) is 33.2 Å². The molecule has 0 fully saturated rings. The van der Waals surface area contributed by atoms with Crippen LogP contribution in [0.3, 0.4) is 0 Å². The molecule has 128 valence electrons. The third-order valence-corrected chi connectivity index (χ3v) is 4.42. The summed E-state index contributed by atoms with van der Waals surface area (Å²) >= 11 is 0. The van der Waals surface area contributed by atoms with Gasteiger partial charge in [-0.25, -0.2) is 0 Å². The van der Waals surface area contributed by atoms with Crippen molar-refractivity contribution in [3.63, 3.8) is 0 Å². The van der Waals surface area contributed by atoms with Crippen LogP contribution in [-0.2, 0) is 0 Å². The first-order valence-electron chi connectivity index (χ1n) is 8.07. The maximum absolute atomic E-state index is 10.0. The predicted octanol–water partition coefficient (Wildman–Crippen LogP) is 4.72. The molecule has 4 aromatic rings. The Morgan fingerprint density at radius 2 is 1.54 bits per heavy atom. The second-order valence-corrected chi connectivity index (χ2v) is 6.03. The second-order valence-electron chi connectivity index (χ2n) is 6.03. The number of hydrogen-bond acceptors (Lipinski definition) is 4. The van der Waals surface area contributed by atoms with Crippen molar-refractivity contribution in [2.75, 3.05) is 0 Å². The van der Waals surface area contributed by atoms with Crippen LogP contribution in [0.4, 0.5) is 0 Å². The van der Waals surface area contributed by atoms with E-state index in [0.29, 0.717) is 5.56 Å². The fourth-order valence-electron chi connectivity index (χ4n) is 3.10. The number of aromatic amines is 1. The first kappa shape index (κ1) is 15.8. The van der Waals surface area contributed by atoms with E-state index >= 15 is 0 Å². The molecule has 5 heteroatoms. The molecule has 0 atom stereocenters. The number of nitrogens with one attached hydrogen (secondary N) is 1. The Hall–Kier alpha value is -3.73. The fraction of sp³-hybridized carbons (Fsp3) is 0. The first-order valence-corrected chi connectivity index (χ1v) is 8.07. The highest BCUT2D eigenvalue weighted by Crippen LogP contribution is 2.33. The number of rotatable bonds is 3. The highest BCUT2D eigenvalue weighted by molar-refractivity contribution is 6.00. The summed E-state index contributed by atoms with van der Waals surface area (Å²) in [7, 11) is 0. The van der Waals surface area contributed by atoms with Crippen molar-refractivity contribution < 1.29 is 15.4 Å². The Balaban J connectivity index is 1.72. The molecule has 1 aromatic heterocycles. The lowest BCUT2D eigenvalue weighted by molar-refractivity contribution is 0.322. The van der Waals surface area contributed by atoms with Gasteiger partial charge in [0.1, 0.15) is 11.5 Å². The second kappa shape index (κ2) is 6.29. The largest absolute Gasteiger partial charge is 0.508 e. The maximum Gasteiger partial charge on any atom is 0.127 e. The standard InChI is InChI=1S/C21H16N2O3/c24-17-6-7-18(21(25)10-17)14-3-1-13(2-4-14)15-5-8-20-19(9-15)16(11-22-20)12-23-26/h1-12,22,24-26H/b23-12+. The minimum atomic E-state index is 0.0323. The van der Waals surface area contributed by atoms with Gasteiger partial charge in [-0.05, 0) is 41.0 Å². The maximum atomic E-state index is 10.0. The van der Waals surface area contributed by atoms with Crippen LogP contribution >= 0.6 is 0 Å². The summed E-state index contributed by atoms with van der Waals surface area (Å²) in [4.78, 5) is 3.14. The van der Waals surface area contributed by atoms with E-state index in [0.717, 1.165) is 33.2 Å². The Morgan fingerprint density at radius 3 is 2.27 bits per heavy atom. The average Bonchev–Trinajstić information content (AvgIpc) is 3.05. The quantitative estimate of drug-likeness (QED) is 0.246. The molecule has 0 aliphatic rings. The molecule has 5 nitrogen and oxygen atoms in total. The van der Waals surface area contributed by atoms with E-state index < -0.39 is 0 Å². The average molecular weight is 344 g/mol. The molecule has 26 heavy (non-hydrogen) atoms. The lowest BCUT2D eigenvalue weighted by atomic mass is 9.98. The summed E-state index contributed by atoms with van der Waals surface area (Å²) < 4.78 is 0. The van der Waals surface area contributed by atoms with Crippen molar-refractivity contribution in [1.82, 2.24) is 4.98 Å². The van der Waals surface area contributed by atoms with Crippen LogP contribution in [0.1, 0.15) is 5.56 Å². The number of phenolic OH excluding ortho intramolecular Hbond substituents is 2. The third-order valence-electron chi connectivity index (χ3n) is 4.42. The zero-order valence-electron chi connectivity index (χ0n) is 13.7. The van der Waals surface area contributed by atoms with Crippen LogP contribution in [0, 0.1) is 0 Å². The minimum absolute atomic E-state index is 0.0323. The van der Waals surface area contributed by atoms with E-state index in [2.05, 4.69) is 10.1 Å². The summed E-state index contributed by atoms with van der Waals surface area (Å²) in [5.41, 5.74) is 5.37. The van der Waals surface area contributed by atoms with Crippen molar-refractivity contribution in [3.8, 4) is 33.8 Å². The fourth-order valence-corrected chi connectivity index (χ4v) is 3.10. The van der Waals surface area contributed by atoms with Gasteiger partial charge in [-0.3, -0.25) is 0 Å². The van der Waals surface area contributed by atoms with Crippen LogP contribution in [0.2, 0.25) is 0 Å². The molecule has 3 aromatic carbocycles. The van der Waals surface area contributed by atoms with Crippen molar-refractivity contribution in [3.05, 3.63) is 72.4 Å². The van der Waals surface area contributed by atoms with Gasteiger partial charge in [-0.15, -0.1) is 0 Å². The van der Waals surface area contributed by atoms with Gasteiger partial charge in [0.05, 0.1) is 6.21 Å². The van der Waals surface area contributed by atoms with Gasteiger partial charge in [0.2, 0.25) is 0 Å². The lowest BCUT2D eigenvalue weighted by Crippen LogP contribution is -1.83. The van der Waals surface area contributed by atoms with E-state index in [9.17, 15) is 10.2 Å². The number of aromatic nitrogens is 1. The molecule has 1 heterocycles.